The van der Waals surface area contributed by atoms with Crippen molar-refractivity contribution in [3.05, 3.63) is 78.0 Å². The smallest absolute Gasteiger partial charge is 0.251 e. The molecule has 1 unspecified atom stereocenters. The molecule has 0 bridgehead atoms. The van der Waals surface area contributed by atoms with E-state index >= 15 is 0 Å². The molecule has 7 heteroatoms. The van der Waals surface area contributed by atoms with Crippen molar-refractivity contribution in [3.63, 3.8) is 0 Å². The average molecular weight is 416 g/mol. The van der Waals surface area contributed by atoms with Gasteiger partial charge in [0.2, 0.25) is 0 Å². The number of H-pyrrole nitrogens is 1. The summed E-state index contributed by atoms with van der Waals surface area (Å²) in [6.45, 7) is 0.271. The van der Waals surface area contributed by atoms with Crippen molar-refractivity contribution in [2.45, 2.75) is 6.04 Å². The fourth-order valence-corrected chi connectivity index (χ4v) is 3.57. The highest BCUT2D eigenvalue weighted by molar-refractivity contribution is 5.96. The number of rotatable bonds is 7. The molecule has 4 aromatic rings. The molecule has 1 amide bonds. The molecular weight excluding hydrogens is 392 g/mol. The van der Waals surface area contributed by atoms with Gasteiger partial charge < -0.3 is 20.5 Å². The number of nitrogens with two attached hydrogens (primary N) is 1. The van der Waals surface area contributed by atoms with Crippen molar-refractivity contribution >= 4 is 16.8 Å². The monoisotopic (exact) mass is 416 g/mol. The number of fused-ring (bicyclic) bond motifs is 1. The first-order valence-electron chi connectivity index (χ1n) is 9.89. The Kier molecular flexibility index (Phi) is 5.86. The average Bonchev–Trinajstić information content (AvgIpc) is 3.30. The summed E-state index contributed by atoms with van der Waals surface area (Å²) in [5.41, 5.74) is 10.1. The van der Waals surface area contributed by atoms with Gasteiger partial charge in [0.1, 0.15) is 17.0 Å². The summed E-state index contributed by atoms with van der Waals surface area (Å²) < 4.78 is 10.8. The number of hydrogen-bond acceptors (Lipinski definition) is 5. The molecule has 3 aromatic carbocycles. The Balaban J connectivity index is 1.61. The third kappa shape index (κ3) is 4.22. The Morgan fingerprint density at radius 2 is 1.90 bits per heavy atom. The minimum atomic E-state index is -0.325. The second-order valence-corrected chi connectivity index (χ2v) is 7.13. The molecule has 1 heterocycles. The van der Waals surface area contributed by atoms with Crippen LogP contribution in [0.5, 0.6) is 11.5 Å². The van der Waals surface area contributed by atoms with Crippen LogP contribution in [0.1, 0.15) is 22.0 Å². The SMILES string of the molecule is COc1cccc(C(CN)NC(=O)c2cccc(-c3cc(OC)c4[nH]ncc4c3)c2)c1. The minimum absolute atomic E-state index is 0.198. The van der Waals surface area contributed by atoms with Crippen molar-refractivity contribution < 1.29 is 14.3 Å². The quantitative estimate of drug-likeness (QED) is 0.427. The number of hydrogen-bond donors (Lipinski definition) is 3. The lowest BCUT2D eigenvalue weighted by Crippen LogP contribution is -2.33. The van der Waals surface area contributed by atoms with Gasteiger partial charge in [0, 0.05) is 17.5 Å². The van der Waals surface area contributed by atoms with Gasteiger partial charge in [0.15, 0.2) is 0 Å². The van der Waals surface area contributed by atoms with E-state index in [-0.39, 0.29) is 18.5 Å². The first-order valence-corrected chi connectivity index (χ1v) is 9.89. The number of nitrogens with one attached hydrogen (secondary N) is 2. The first kappa shape index (κ1) is 20.4. The van der Waals surface area contributed by atoms with E-state index in [2.05, 4.69) is 15.5 Å². The Morgan fingerprint density at radius 1 is 1.06 bits per heavy atom. The molecule has 0 saturated carbocycles. The summed E-state index contributed by atoms with van der Waals surface area (Å²) in [6.07, 6.45) is 1.75. The highest BCUT2D eigenvalue weighted by Gasteiger charge is 2.16. The summed E-state index contributed by atoms with van der Waals surface area (Å²) in [5.74, 6) is 1.22. The molecule has 1 atom stereocenters. The maximum Gasteiger partial charge on any atom is 0.251 e. The van der Waals surface area contributed by atoms with Crippen LogP contribution in [-0.4, -0.2) is 36.9 Å². The van der Waals surface area contributed by atoms with E-state index in [1.165, 1.54) is 0 Å². The van der Waals surface area contributed by atoms with E-state index in [1.807, 2.05) is 54.6 Å². The number of aromatic amines is 1. The van der Waals surface area contributed by atoms with Crippen LogP contribution < -0.4 is 20.5 Å². The molecule has 158 valence electrons. The van der Waals surface area contributed by atoms with Crippen LogP contribution in [0.25, 0.3) is 22.0 Å². The molecule has 0 radical (unpaired) electrons. The lowest BCUT2D eigenvalue weighted by Gasteiger charge is -2.18. The van der Waals surface area contributed by atoms with E-state index < -0.39 is 0 Å². The first-order chi connectivity index (χ1) is 15.1. The van der Waals surface area contributed by atoms with E-state index in [9.17, 15) is 4.79 Å². The molecule has 0 aliphatic heterocycles. The molecule has 0 spiro atoms. The van der Waals surface area contributed by atoms with Crippen molar-refractivity contribution in [1.82, 2.24) is 15.5 Å². The number of amides is 1. The van der Waals surface area contributed by atoms with E-state index in [0.717, 1.165) is 33.3 Å². The number of ether oxygens (including phenoxy) is 2. The van der Waals surface area contributed by atoms with Gasteiger partial charge in [-0.1, -0.05) is 24.3 Å². The summed E-state index contributed by atoms with van der Waals surface area (Å²) in [5, 5.41) is 11.0. The molecule has 4 rings (SSSR count). The molecule has 7 nitrogen and oxygen atoms in total. The van der Waals surface area contributed by atoms with Gasteiger partial charge in [0.25, 0.3) is 5.91 Å². The normalized spacial score (nSPS) is 11.8. The van der Waals surface area contributed by atoms with E-state index in [1.54, 1.807) is 26.5 Å². The summed E-state index contributed by atoms with van der Waals surface area (Å²) in [7, 11) is 3.23. The van der Waals surface area contributed by atoms with Gasteiger partial charge in [0.05, 0.1) is 26.5 Å². The standard InChI is InChI=1S/C24H24N4O3/c1-30-20-8-4-6-16(11-20)21(13-25)27-24(29)17-7-3-5-15(9-17)18-10-19-14-26-28-23(19)22(12-18)31-2/h3-12,14,21H,13,25H2,1-2H3,(H,26,28)(H,27,29). The molecule has 0 saturated heterocycles. The van der Waals surface area contributed by atoms with Crippen LogP contribution >= 0.6 is 0 Å². The fraction of sp³-hybridized carbons (Fsp3) is 0.167. The Hall–Kier alpha value is -3.84. The van der Waals surface area contributed by atoms with E-state index in [0.29, 0.717) is 11.3 Å². The zero-order valence-corrected chi connectivity index (χ0v) is 17.4. The predicted octanol–water partition coefficient (Wildman–Crippen LogP) is 3.68. The van der Waals surface area contributed by atoms with Gasteiger partial charge in [-0.2, -0.15) is 5.10 Å². The highest BCUT2D eigenvalue weighted by Crippen LogP contribution is 2.31. The Morgan fingerprint density at radius 3 is 2.68 bits per heavy atom. The van der Waals surface area contributed by atoms with Crippen molar-refractivity contribution in [2.24, 2.45) is 5.73 Å². The minimum Gasteiger partial charge on any atom is -0.497 e. The number of nitrogens with zero attached hydrogens (tertiary/aromatic N) is 1. The van der Waals surface area contributed by atoms with Crippen LogP contribution in [0.3, 0.4) is 0 Å². The second-order valence-electron chi connectivity index (χ2n) is 7.13. The van der Waals surface area contributed by atoms with E-state index in [4.69, 9.17) is 15.2 Å². The fourth-order valence-electron chi connectivity index (χ4n) is 3.57. The van der Waals surface area contributed by atoms with Crippen molar-refractivity contribution in [3.8, 4) is 22.6 Å². The molecule has 0 aliphatic rings. The number of carbonyl (C=O) groups excluding carboxylic acids is 1. The molecular formula is C24H24N4O3. The molecule has 0 aliphatic carbocycles. The third-order valence-corrected chi connectivity index (χ3v) is 5.23. The van der Waals surface area contributed by atoms with Crippen LogP contribution in [0.2, 0.25) is 0 Å². The number of aromatic nitrogens is 2. The zero-order chi connectivity index (χ0) is 21.8. The lowest BCUT2D eigenvalue weighted by atomic mass is 10.0. The van der Waals surface area contributed by atoms with Gasteiger partial charge in [-0.15, -0.1) is 0 Å². The topological polar surface area (TPSA) is 102 Å². The maximum atomic E-state index is 13.0. The second kappa shape index (κ2) is 8.89. The number of benzene rings is 3. The van der Waals surface area contributed by atoms with Crippen LogP contribution in [-0.2, 0) is 0 Å². The Bertz CT molecular complexity index is 1220. The Labute approximate surface area is 180 Å². The molecule has 1 aromatic heterocycles. The zero-order valence-electron chi connectivity index (χ0n) is 17.4. The van der Waals surface area contributed by atoms with Crippen molar-refractivity contribution in [2.75, 3.05) is 20.8 Å². The highest BCUT2D eigenvalue weighted by atomic mass is 16.5. The molecule has 4 N–H and O–H groups in total. The third-order valence-electron chi connectivity index (χ3n) is 5.23. The largest absolute Gasteiger partial charge is 0.497 e. The summed E-state index contributed by atoms with van der Waals surface area (Å²) in [4.78, 5) is 13.0. The number of carbonyl (C=O) groups is 1. The van der Waals surface area contributed by atoms with Crippen molar-refractivity contribution in [1.29, 1.82) is 0 Å². The predicted molar refractivity (Wildman–Crippen MR) is 120 cm³/mol. The van der Waals surface area contributed by atoms with Crippen LogP contribution in [0.15, 0.2) is 66.9 Å². The van der Waals surface area contributed by atoms with Gasteiger partial charge >= 0.3 is 0 Å². The maximum absolute atomic E-state index is 13.0. The number of methoxy groups -OCH3 is 2. The van der Waals surface area contributed by atoms with Crippen LogP contribution in [0.4, 0.5) is 0 Å². The molecule has 31 heavy (non-hydrogen) atoms. The molecule has 0 fully saturated rings. The van der Waals surface area contributed by atoms with Gasteiger partial charge in [-0.05, 0) is 53.1 Å². The van der Waals surface area contributed by atoms with Gasteiger partial charge in [-0.25, -0.2) is 0 Å². The van der Waals surface area contributed by atoms with Gasteiger partial charge in [-0.3, -0.25) is 9.89 Å². The summed E-state index contributed by atoms with van der Waals surface area (Å²) in [6, 6.07) is 18.6. The summed E-state index contributed by atoms with van der Waals surface area (Å²) >= 11 is 0. The lowest BCUT2D eigenvalue weighted by molar-refractivity contribution is 0.0938. The van der Waals surface area contributed by atoms with Crippen LogP contribution in [0, 0.1) is 0 Å².